The molecular formula is C13H19BrN2O. The zero-order valence-electron chi connectivity index (χ0n) is 10.4. The lowest BCUT2D eigenvalue weighted by atomic mass is 9.80. The second kappa shape index (κ2) is 4.94. The predicted octanol–water partition coefficient (Wildman–Crippen LogP) is 2.05. The minimum atomic E-state index is 0.0777. The van der Waals surface area contributed by atoms with Crippen molar-refractivity contribution in [3.05, 3.63) is 22.2 Å². The summed E-state index contributed by atoms with van der Waals surface area (Å²) >= 11 is 3.54. The second-order valence-electron chi connectivity index (χ2n) is 5.28. The summed E-state index contributed by atoms with van der Waals surface area (Å²) in [4.78, 5) is 13.8. The number of hydrogen-bond donors (Lipinski definition) is 1. The lowest BCUT2D eigenvalue weighted by Crippen LogP contribution is -2.51. The largest absolute Gasteiger partial charge is 0.339 e. The van der Waals surface area contributed by atoms with Gasteiger partial charge in [-0.25, -0.2) is 0 Å². The molecule has 0 aromatic carbocycles. The van der Waals surface area contributed by atoms with Crippen molar-refractivity contribution in [2.24, 2.45) is 5.41 Å². The number of amides is 1. The summed E-state index contributed by atoms with van der Waals surface area (Å²) in [5, 5.41) is 3.10. The van der Waals surface area contributed by atoms with Crippen molar-refractivity contribution in [2.45, 2.75) is 20.3 Å². The summed E-state index contributed by atoms with van der Waals surface area (Å²) in [6.07, 6.45) is 5.35. The van der Waals surface area contributed by atoms with E-state index in [1.54, 1.807) is 0 Å². The van der Waals surface area contributed by atoms with E-state index in [2.05, 4.69) is 47.2 Å². The Kier molecular flexibility index (Phi) is 3.73. The molecular weight excluding hydrogens is 280 g/mol. The van der Waals surface area contributed by atoms with E-state index in [0.717, 1.165) is 26.1 Å². The van der Waals surface area contributed by atoms with Gasteiger partial charge in [0.15, 0.2) is 0 Å². The Labute approximate surface area is 111 Å². The van der Waals surface area contributed by atoms with E-state index in [0.29, 0.717) is 6.54 Å². The highest BCUT2D eigenvalue weighted by molar-refractivity contribution is 9.11. The van der Waals surface area contributed by atoms with Crippen molar-refractivity contribution < 1.29 is 4.79 Å². The summed E-state index contributed by atoms with van der Waals surface area (Å²) in [6.45, 7) is 7.41. The third-order valence-corrected chi connectivity index (χ3v) is 4.39. The first kappa shape index (κ1) is 12.8. The van der Waals surface area contributed by atoms with Gasteiger partial charge < -0.3 is 10.2 Å². The molecule has 0 aromatic rings. The van der Waals surface area contributed by atoms with Crippen molar-refractivity contribution in [3.63, 3.8) is 0 Å². The molecule has 1 aliphatic heterocycles. The molecule has 94 valence electrons. The van der Waals surface area contributed by atoms with E-state index in [9.17, 15) is 4.79 Å². The van der Waals surface area contributed by atoms with Crippen LogP contribution in [-0.4, -0.2) is 37.0 Å². The number of hydrogen-bond acceptors (Lipinski definition) is 2. The van der Waals surface area contributed by atoms with E-state index in [1.807, 2.05) is 4.90 Å². The van der Waals surface area contributed by atoms with Crippen LogP contribution in [0, 0.1) is 5.41 Å². The maximum absolute atomic E-state index is 11.8. The number of nitrogens with zero attached hydrogens (tertiary/aromatic N) is 1. The Morgan fingerprint density at radius 3 is 3.00 bits per heavy atom. The average molecular weight is 299 g/mol. The van der Waals surface area contributed by atoms with Gasteiger partial charge in [0.05, 0.1) is 6.54 Å². The molecule has 0 bridgehead atoms. The minimum absolute atomic E-state index is 0.0777. The van der Waals surface area contributed by atoms with Crippen LogP contribution >= 0.6 is 15.9 Å². The van der Waals surface area contributed by atoms with Crippen molar-refractivity contribution in [3.8, 4) is 0 Å². The average Bonchev–Trinajstić information content (AvgIpc) is 2.28. The van der Waals surface area contributed by atoms with E-state index < -0.39 is 0 Å². The molecule has 0 aromatic heterocycles. The number of nitrogens with one attached hydrogen (secondary N) is 1. The van der Waals surface area contributed by atoms with Crippen LogP contribution in [0.5, 0.6) is 0 Å². The third-order valence-electron chi connectivity index (χ3n) is 3.45. The fraction of sp³-hybridized carbons (Fsp3) is 0.615. The highest BCUT2D eigenvalue weighted by atomic mass is 79.9. The Bertz CT molecular complexity index is 389. The minimum Gasteiger partial charge on any atom is -0.339 e. The molecule has 0 spiro atoms. The zero-order valence-corrected chi connectivity index (χ0v) is 12.0. The molecule has 1 atom stereocenters. The standard InChI is InChI=1S/C13H19BrN2O/c1-10-7-13(2,4-3-11(10)14)9-16-6-5-15-8-12(16)17/h3-4,15H,5-9H2,1-2H3. The first-order chi connectivity index (χ1) is 8.00. The SMILES string of the molecule is CC1=C(Br)C=CC(C)(CN2CCNCC2=O)C1. The third kappa shape index (κ3) is 2.99. The lowest BCUT2D eigenvalue weighted by molar-refractivity contribution is -0.133. The molecule has 0 saturated carbocycles. The van der Waals surface area contributed by atoms with Gasteiger partial charge in [-0.05, 0) is 13.3 Å². The second-order valence-corrected chi connectivity index (χ2v) is 6.14. The first-order valence-electron chi connectivity index (χ1n) is 6.03. The molecule has 0 radical (unpaired) electrons. The molecule has 2 aliphatic rings. The first-order valence-corrected chi connectivity index (χ1v) is 6.82. The van der Waals surface area contributed by atoms with Crippen molar-refractivity contribution in [1.82, 2.24) is 10.2 Å². The van der Waals surface area contributed by atoms with Crippen LogP contribution in [0.2, 0.25) is 0 Å². The molecule has 17 heavy (non-hydrogen) atoms. The van der Waals surface area contributed by atoms with Gasteiger partial charge in [-0.3, -0.25) is 4.79 Å². The van der Waals surface area contributed by atoms with Crippen LogP contribution in [0.15, 0.2) is 22.2 Å². The van der Waals surface area contributed by atoms with Gasteiger partial charge in [-0.2, -0.15) is 0 Å². The molecule has 2 rings (SSSR count). The van der Waals surface area contributed by atoms with Crippen LogP contribution in [0.3, 0.4) is 0 Å². The smallest absolute Gasteiger partial charge is 0.236 e. The number of carbonyl (C=O) groups is 1. The Balaban J connectivity index is 2.04. The van der Waals surface area contributed by atoms with Gasteiger partial charge in [0, 0.05) is 29.5 Å². The van der Waals surface area contributed by atoms with Crippen molar-refractivity contribution in [2.75, 3.05) is 26.2 Å². The highest BCUT2D eigenvalue weighted by Gasteiger charge is 2.30. The number of carbonyl (C=O) groups excluding carboxylic acids is 1. The fourth-order valence-corrected chi connectivity index (χ4v) is 2.80. The highest BCUT2D eigenvalue weighted by Crippen LogP contribution is 2.36. The van der Waals surface area contributed by atoms with E-state index in [-0.39, 0.29) is 11.3 Å². The van der Waals surface area contributed by atoms with Crippen LogP contribution in [-0.2, 0) is 4.79 Å². The number of rotatable bonds is 2. The summed E-state index contributed by atoms with van der Waals surface area (Å²) < 4.78 is 1.18. The lowest BCUT2D eigenvalue weighted by Gasteiger charge is -2.37. The number of allylic oxidation sites excluding steroid dienone is 3. The van der Waals surface area contributed by atoms with Crippen molar-refractivity contribution >= 4 is 21.8 Å². The molecule has 1 amide bonds. The maximum atomic E-state index is 11.8. The van der Waals surface area contributed by atoms with E-state index in [4.69, 9.17) is 0 Å². The quantitative estimate of drug-likeness (QED) is 0.846. The Hall–Kier alpha value is -0.610. The molecule has 3 nitrogen and oxygen atoms in total. The maximum Gasteiger partial charge on any atom is 0.236 e. The monoisotopic (exact) mass is 298 g/mol. The number of halogens is 1. The fourth-order valence-electron chi connectivity index (χ4n) is 2.52. The molecule has 4 heteroatoms. The predicted molar refractivity (Wildman–Crippen MR) is 72.9 cm³/mol. The van der Waals surface area contributed by atoms with Gasteiger partial charge in [0.1, 0.15) is 0 Å². The molecule has 1 heterocycles. The van der Waals surface area contributed by atoms with Gasteiger partial charge in [-0.15, -0.1) is 0 Å². The summed E-state index contributed by atoms with van der Waals surface area (Å²) in [7, 11) is 0. The zero-order chi connectivity index (χ0) is 12.5. The van der Waals surface area contributed by atoms with Crippen LogP contribution < -0.4 is 5.32 Å². The van der Waals surface area contributed by atoms with E-state index >= 15 is 0 Å². The molecule has 1 aliphatic carbocycles. The summed E-state index contributed by atoms with van der Waals surface area (Å²) in [5.74, 6) is 0.220. The number of piperazine rings is 1. The van der Waals surface area contributed by atoms with Gasteiger partial charge in [0.25, 0.3) is 0 Å². The van der Waals surface area contributed by atoms with Gasteiger partial charge in [-0.1, -0.05) is 40.6 Å². The Morgan fingerprint density at radius 1 is 1.59 bits per heavy atom. The molecule has 1 N–H and O–H groups in total. The summed E-state index contributed by atoms with van der Waals surface area (Å²) in [6, 6.07) is 0. The Morgan fingerprint density at radius 2 is 2.35 bits per heavy atom. The molecule has 1 unspecified atom stereocenters. The van der Waals surface area contributed by atoms with E-state index in [1.165, 1.54) is 10.1 Å². The van der Waals surface area contributed by atoms with Crippen molar-refractivity contribution in [1.29, 1.82) is 0 Å². The van der Waals surface area contributed by atoms with Crippen LogP contribution in [0.4, 0.5) is 0 Å². The topological polar surface area (TPSA) is 32.3 Å². The van der Waals surface area contributed by atoms with Crippen LogP contribution in [0.1, 0.15) is 20.3 Å². The van der Waals surface area contributed by atoms with Gasteiger partial charge >= 0.3 is 0 Å². The molecule has 1 saturated heterocycles. The molecule has 1 fully saturated rings. The normalized spacial score (nSPS) is 30.1. The van der Waals surface area contributed by atoms with Gasteiger partial charge in [0.2, 0.25) is 5.91 Å². The summed E-state index contributed by atoms with van der Waals surface area (Å²) in [5.41, 5.74) is 1.44. The van der Waals surface area contributed by atoms with Crippen LogP contribution in [0.25, 0.3) is 0 Å².